The molecule has 4 nitrogen and oxygen atoms in total. The lowest BCUT2D eigenvalue weighted by atomic mass is 9.82. The molecule has 0 unspecified atom stereocenters. The zero-order valence-corrected chi connectivity index (χ0v) is 14.6. The molecule has 0 atom stereocenters. The van der Waals surface area contributed by atoms with Crippen LogP contribution >= 0.6 is 11.6 Å². The number of hydrogen-bond acceptors (Lipinski definition) is 3. The summed E-state index contributed by atoms with van der Waals surface area (Å²) >= 11 is 5.90. The normalized spacial score (nSPS) is 13.0. The summed E-state index contributed by atoms with van der Waals surface area (Å²) < 4.78 is 27.6. The van der Waals surface area contributed by atoms with Gasteiger partial charge in [0.2, 0.25) is 10.0 Å². The molecule has 0 aliphatic carbocycles. The molecule has 1 N–H and O–H groups in total. The van der Waals surface area contributed by atoms with Crippen molar-refractivity contribution >= 4 is 21.6 Å². The van der Waals surface area contributed by atoms with Gasteiger partial charge in [-0.25, -0.2) is 13.1 Å². The lowest BCUT2D eigenvalue weighted by Crippen LogP contribution is -2.45. The number of benzene rings is 1. The summed E-state index contributed by atoms with van der Waals surface area (Å²) in [5.74, 6) is 0. The standard InChI is InChI=1S/C15H21ClN2O2S/c1-14(2,3)10-15(4,5)18-21(19,20)12-7-6-11(9-17)13(16)8-12/h6-8,18H,10H2,1-5H3. The molecule has 0 aliphatic rings. The Morgan fingerprint density at radius 1 is 1.24 bits per heavy atom. The maximum absolute atomic E-state index is 12.4. The van der Waals surface area contributed by atoms with Crippen LogP contribution in [0.3, 0.4) is 0 Å². The van der Waals surface area contributed by atoms with E-state index in [0.29, 0.717) is 6.42 Å². The third-order valence-corrected chi connectivity index (χ3v) is 4.76. The number of nitrogens with one attached hydrogen (secondary N) is 1. The third kappa shape index (κ3) is 5.31. The summed E-state index contributed by atoms with van der Waals surface area (Å²) in [6.45, 7) is 9.87. The quantitative estimate of drug-likeness (QED) is 0.916. The smallest absolute Gasteiger partial charge is 0.207 e. The molecule has 0 amide bonds. The second-order valence-corrected chi connectivity index (χ2v) is 9.07. The molecule has 0 aliphatic heterocycles. The van der Waals surface area contributed by atoms with Crippen molar-refractivity contribution in [2.45, 2.75) is 51.5 Å². The number of halogens is 1. The highest BCUT2D eigenvalue weighted by Crippen LogP contribution is 2.28. The lowest BCUT2D eigenvalue weighted by molar-refractivity contribution is 0.269. The fourth-order valence-electron chi connectivity index (χ4n) is 2.54. The average Bonchev–Trinajstić information content (AvgIpc) is 2.23. The Morgan fingerprint density at radius 2 is 1.81 bits per heavy atom. The number of nitriles is 1. The first-order valence-corrected chi connectivity index (χ1v) is 8.46. The third-order valence-electron chi connectivity index (χ3n) is 2.75. The number of rotatable bonds is 4. The molecule has 1 rings (SSSR count). The van der Waals surface area contributed by atoms with E-state index in [0.717, 1.165) is 0 Å². The van der Waals surface area contributed by atoms with Gasteiger partial charge in [-0.2, -0.15) is 5.26 Å². The van der Waals surface area contributed by atoms with Crippen LogP contribution in [0.25, 0.3) is 0 Å². The first-order valence-electron chi connectivity index (χ1n) is 6.60. The van der Waals surface area contributed by atoms with E-state index in [9.17, 15) is 8.42 Å². The van der Waals surface area contributed by atoms with Gasteiger partial charge >= 0.3 is 0 Å². The summed E-state index contributed by atoms with van der Waals surface area (Å²) in [6.07, 6.45) is 0.684. The molecule has 0 saturated heterocycles. The minimum Gasteiger partial charge on any atom is -0.207 e. The van der Waals surface area contributed by atoms with E-state index < -0.39 is 15.6 Å². The van der Waals surface area contributed by atoms with Gasteiger partial charge in [-0.3, -0.25) is 0 Å². The van der Waals surface area contributed by atoms with E-state index in [-0.39, 0.29) is 20.9 Å². The number of sulfonamides is 1. The van der Waals surface area contributed by atoms with Gasteiger partial charge in [0, 0.05) is 5.54 Å². The van der Waals surface area contributed by atoms with Crippen LogP contribution in [0.5, 0.6) is 0 Å². The summed E-state index contributed by atoms with van der Waals surface area (Å²) in [5, 5.41) is 8.96. The summed E-state index contributed by atoms with van der Waals surface area (Å²) in [5.41, 5.74) is -0.337. The molecule has 1 aromatic carbocycles. The fourth-order valence-corrected chi connectivity index (χ4v) is 4.26. The van der Waals surface area contributed by atoms with Crippen molar-refractivity contribution in [1.82, 2.24) is 4.72 Å². The zero-order valence-electron chi connectivity index (χ0n) is 13.0. The molecule has 116 valence electrons. The van der Waals surface area contributed by atoms with Crippen LogP contribution in [0, 0.1) is 16.7 Å². The van der Waals surface area contributed by atoms with Gasteiger partial charge in [0.25, 0.3) is 0 Å². The van der Waals surface area contributed by atoms with Crippen molar-refractivity contribution in [1.29, 1.82) is 5.26 Å². The molecule has 0 saturated carbocycles. The Labute approximate surface area is 132 Å². The topological polar surface area (TPSA) is 70.0 Å². The Morgan fingerprint density at radius 3 is 2.24 bits per heavy atom. The van der Waals surface area contributed by atoms with Crippen LogP contribution in [0.2, 0.25) is 5.02 Å². The molecule has 0 heterocycles. The van der Waals surface area contributed by atoms with Crippen LogP contribution in [0.15, 0.2) is 23.1 Å². The molecule has 21 heavy (non-hydrogen) atoms. The first kappa shape index (κ1) is 18.0. The van der Waals surface area contributed by atoms with Gasteiger partial charge in [0.05, 0.1) is 15.5 Å². The molecule has 6 heteroatoms. The van der Waals surface area contributed by atoms with E-state index in [2.05, 4.69) is 25.5 Å². The van der Waals surface area contributed by atoms with Gasteiger partial charge < -0.3 is 0 Å². The van der Waals surface area contributed by atoms with Gasteiger partial charge in [0.1, 0.15) is 6.07 Å². The van der Waals surface area contributed by atoms with Crippen LogP contribution in [-0.2, 0) is 10.0 Å². The average molecular weight is 329 g/mol. The minimum absolute atomic E-state index is 0.00562. The van der Waals surface area contributed by atoms with Crippen molar-refractivity contribution < 1.29 is 8.42 Å². The highest BCUT2D eigenvalue weighted by atomic mass is 35.5. The number of hydrogen-bond donors (Lipinski definition) is 1. The predicted molar refractivity (Wildman–Crippen MR) is 84.6 cm³/mol. The number of nitrogens with zero attached hydrogens (tertiary/aromatic N) is 1. The van der Waals surface area contributed by atoms with E-state index in [4.69, 9.17) is 16.9 Å². The van der Waals surface area contributed by atoms with Crippen molar-refractivity contribution in [2.24, 2.45) is 5.41 Å². The largest absolute Gasteiger partial charge is 0.241 e. The second kappa shape index (κ2) is 5.96. The van der Waals surface area contributed by atoms with Crippen LogP contribution in [0.4, 0.5) is 0 Å². The van der Waals surface area contributed by atoms with Crippen molar-refractivity contribution in [3.05, 3.63) is 28.8 Å². The molecular weight excluding hydrogens is 308 g/mol. The SMILES string of the molecule is CC(C)(C)CC(C)(C)NS(=O)(=O)c1ccc(C#N)c(Cl)c1. The summed E-state index contributed by atoms with van der Waals surface area (Å²) in [4.78, 5) is 0.0634. The Balaban J connectivity index is 3.07. The summed E-state index contributed by atoms with van der Waals surface area (Å²) in [6, 6.07) is 6.01. The maximum atomic E-state index is 12.4. The molecule has 0 aromatic heterocycles. The van der Waals surface area contributed by atoms with Crippen molar-refractivity contribution in [3.8, 4) is 6.07 Å². The van der Waals surface area contributed by atoms with Crippen molar-refractivity contribution in [2.75, 3.05) is 0 Å². The molecule has 0 fully saturated rings. The van der Waals surface area contributed by atoms with E-state index in [1.807, 2.05) is 19.9 Å². The van der Waals surface area contributed by atoms with E-state index >= 15 is 0 Å². The Hall–Kier alpha value is -1.09. The van der Waals surface area contributed by atoms with Gasteiger partial charge in [-0.05, 0) is 43.9 Å². The first-order chi connectivity index (χ1) is 9.36. The van der Waals surface area contributed by atoms with Crippen LogP contribution in [0.1, 0.15) is 46.6 Å². The Kier molecular flexibility index (Phi) is 5.09. The predicted octanol–water partition coefficient (Wildman–Crippen LogP) is 3.70. The van der Waals surface area contributed by atoms with E-state index in [1.165, 1.54) is 18.2 Å². The molecule has 0 radical (unpaired) electrons. The van der Waals surface area contributed by atoms with Gasteiger partial charge in [-0.1, -0.05) is 32.4 Å². The van der Waals surface area contributed by atoms with Gasteiger partial charge in [-0.15, -0.1) is 0 Å². The lowest BCUT2D eigenvalue weighted by Gasteiger charge is -2.33. The second-order valence-electron chi connectivity index (χ2n) is 6.98. The molecule has 0 bridgehead atoms. The minimum atomic E-state index is -3.68. The summed E-state index contributed by atoms with van der Waals surface area (Å²) in [7, 11) is -3.68. The maximum Gasteiger partial charge on any atom is 0.241 e. The molecular formula is C15H21ClN2O2S. The zero-order chi connectivity index (χ0) is 16.5. The van der Waals surface area contributed by atoms with E-state index in [1.54, 1.807) is 0 Å². The molecule has 0 spiro atoms. The highest BCUT2D eigenvalue weighted by molar-refractivity contribution is 7.89. The fraction of sp³-hybridized carbons (Fsp3) is 0.533. The van der Waals surface area contributed by atoms with Gasteiger partial charge in [0.15, 0.2) is 0 Å². The van der Waals surface area contributed by atoms with Crippen molar-refractivity contribution in [3.63, 3.8) is 0 Å². The van der Waals surface area contributed by atoms with Crippen LogP contribution in [-0.4, -0.2) is 14.0 Å². The Bertz CT molecular complexity index is 668. The highest BCUT2D eigenvalue weighted by Gasteiger charge is 2.30. The molecule has 1 aromatic rings. The monoisotopic (exact) mass is 328 g/mol. The van der Waals surface area contributed by atoms with Crippen LogP contribution < -0.4 is 4.72 Å².